The lowest BCUT2D eigenvalue weighted by molar-refractivity contribution is 0.124. The summed E-state index contributed by atoms with van der Waals surface area (Å²) in [5, 5.41) is 0. The summed E-state index contributed by atoms with van der Waals surface area (Å²) in [5.74, 6) is 6.53. The maximum absolute atomic E-state index is 5.68. The van der Waals surface area contributed by atoms with E-state index in [9.17, 15) is 0 Å². The second kappa shape index (κ2) is 4.51. The van der Waals surface area contributed by atoms with Crippen LogP contribution in [0, 0.1) is 0 Å². The van der Waals surface area contributed by atoms with Gasteiger partial charge in [0.2, 0.25) is 0 Å². The summed E-state index contributed by atoms with van der Waals surface area (Å²) in [7, 11) is 1.63. The third-order valence-electron chi connectivity index (χ3n) is 2.30. The number of nitrogens with two attached hydrogens (primary N) is 1. The van der Waals surface area contributed by atoms with E-state index in [-0.39, 0.29) is 0 Å². The van der Waals surface area contributed by atoms with Crippen molar-refractivity contribution in [1.29, 1.82) is 0 Å². The highest BCUT2D eigenvalue weighted by molar-refractivity contribution is 5.43. The van der Waals surface area contributed by atoms with Crippen molar-refractivity contribution >= 4 is 0 Å². The van der Waals surface area contributed by atoms with Crippen LogP contribution in [0.15, 0.2) is 18.2 Å². The van der Waals surface area contributed by atoms with Gasteiger partial charge < -0.3 is 9.47 Å². The van der Waals surface area contributed by atoms with Crippen molar-refractivity contribution < 1.29 is 14.3 Å². The average molecular weight is 209 g/mol. The van der Waals surface area contributed by atoms with E-state index in [1.807, 2.05) is 18.2 Å². The Balaban J connectivity index is 2.14. The van der Waals surface area contributed by atoms with E-state index in [0.717, 1.165) is 29.9 Å². The molecule has 1 aliphatic rings. The zero-order valence-corrected chi connectivity index (χ0v) is 8.73. The van der Waals surface area contributed by atoms with Crippen LogP contribution in [0.4, 0.5) is 0 Å². The van der Waals surface area contributed by atoms with Gasteiger partial charge in [-0.05, 0) is 30.5 Å². The fraction of sp³-hybridized carbons (Fsp3) is 0.455. The van der Waals surface area contributed by atoms with Gasteiger partial charge in [0.05, 0.1) is 19.8 Å². The SMILES string of the molecule is COc1cc(CON)ccc1OC1CC1. The van der Waals surface area contributed by atoms with Crippen molar-refractivity contribution in [2.24, 2.45) is 5.90 Å². The van der Waals surface area contributed by atoms with Crippen LogP contribution >= 0.6 is 0 Å². The maximum Gasteiger partial charge on any atom is 0.161 e. The van der Waals surface area contributed by atoms with E-state index in [1.165, 1.54) is 0 Å². The average Bonchev–Trinajstić information content (AvgIpc) is 3.04. The van der Waals surface area contributed by atoms with Gasteiger partial charge in [0, 0.05) is 0 Å². The Hall–Kier alpha value is -1.26. The Labute approximate surface area is 88.9 Å². The molecule has 1 aromatic carbocycles. The lowest BCUT2D eigenvalue weighted by Crippen LogP contribution is -2.01. The van der Waals surface area contributed by atoms with Gasteiger partial charge in [-0.15, -0.1) is 0 Å². The standard InChI is InChI=1S/C11H15NO3/c1-13-11-6-8(7-14-12)2-5-10(11)15-9-3-4-9/h2,5-6,9H,3-4,7,12H2,1H3. The predicted octanol–water partition coefficient (Wildman–Crippen LogP) is 1.63. The van der Waals surface area contributed by atoms with Gasteiger partial charge in [0.1, 0.15) is 0 Å². The molecule has 82 valence electrons. The lowest BCUT2D eigenvalue weighted by atomic mass is 10.2. The van der Waals surface area contributed by atoms with Gasteiger partial charge in [0.25, 0.3) is 0 Å². The molecular formula is C11H15NO3. The van der Waals surface area contributed by atoms with Crippen LogP contribution in [-0.4, -0.2) is 13.2 Å². The van der Waals surface area contributed by atoms with Gasteiger partial charge in [-0.25, -0.2) is 5.90 Å². The Morgan fingerprint density at radius 2 is 2.13 bits per heavy atom. The van der Waals surface area contributed by atoms with Crippen molar-refractivity contribution in [2.75, 3.05) is 7.11 Å². The highest BCUT2D eigenvalue weighted by Gasteiger charge is 2.24. The van der Waals surface area contributed by atoms with Gasteiger partial charge in [-0.2, -0.15) is 0 Å². The topological polar surface area (TPSA) is 53.7 Å². The molecule has 2 N–H and O–H groups in total. The quantitative estimate of drug-likeness (QED) is 0.749. The molecule has 1 fully saturated rings. The molecule has 0 radical (unpaired) electrons. The first kappa shape index (κ1) is 10.3. The number of rotatable bonds is 5. The summed E-state index contributed by atoms with van der Waals surface area (Å²) in [6.45, 7) is 0.375. The van der Waals surface area contributed by atoms with Gasteiger partial charge in [0.15, 0.2) is 11.5 Å². The van der Waals surface area contributed by atoms with Crippen LogP contribution in [0.5, 0.6) is 11.5 Å². The molecule has 0 aromatic heterocycles. The van der Waals surface area contributed by atoms with Crippen molar-refractivity contribution in [2.45, 2.75) is 25.6 Å². The molecule has 0 unspecified atom stereocenters. The maximum atomic E-state index is 5.68. The molecule has 0 heterocycles. The molecule has 1 aliphatic carbocycles. The fourth-order valence-corrected chi connectivity index (χ4v) is 1.36. The van der Waals surface area contributed by atoms with E-state index in [0.29, 0.717) is 12.7 Å². The van der Waals surface area contributed by atoms with Crippen molar-refractivity contribution in [1.82, 2.24) is 0 Å². The van der Waals surface area contributed by atoms with Crippen LogP contribution in [0.2, 0.25) is 0 Å². The Morgan fingerprint density at radius 1 is 1.33 bits per heavy atom. The zero-order chi connectivity index (χ0) is 10.7. The largest absolute Gasteiger partial charge is 0.493 e. The third kappa shape index (κ3) is 2.61. The number of hydrogen-bond donors (Lipinski definition) is 1. The van der Waals surface area contributed by atoms with Crippen LogP contribution < -0.4 is 15.4 Å². The van der Waals surface area contributed by atoms with E-state index in [4.69, 9.17) is 15.4 Å². The molecule has 0 amide bonds. The lowest BCUT2D eigenvalue weighted by Gasteiger charge is -2.11. The molecule has 0 spiro atoms. The monoisotopic (exact) mass is 209 g/mol. The van der Waals surface area contributed by atoms with Gasteiger partial charge >= 0.3 is 0 Å². The molecule has 4 heteroatoms. The molecule has 1 aromatic rings. The second-order valence-electron chi connectivity index (χ2n) is 3.61. The van der Waals surface area contributed by atoms with Crippen LogP contribution in [0.1, 0.15) is 18.4 Å². The first-order chi connectivity index (χ1) is 7.33. The molecule has 0 atom stereocenters. The van der Waals surface area contributed by atoms with Crippen LogP contribution in [-0.2, 0) is 11.4 Å². The smallest absolute Gasteiger partial charge is 0.161 e. The zero-order valence-electron chi connectivity index (χ0n) is 8.73. The minimum absolute atomic E-state index is 0.371. The van der Waals surface area contributed by atoms with E-state index < -0.39 is 0 Å². The molecule has 1 saturated carbocycles. The Morgan fingerprint density at radius 3 is 2.73 bits per heavy atom. The van der Waals surface area contributed by atoms with Gasteiger partial charge in [-0.1, -0.05) is 6.07 Å². The molecular weight excluding hydrogens is 194 g/mol. The van der Waals surface area contributed by atoms with E-state index >= 15 is 0 Å². The molecule has 2 rings (SSSR count). The first-order valence-electron chi connectivity index (χ1n) is 4.98. The van der Waals surface area contributed by atoms with E-state index in [2.05, 4.69) is 4.84 Å². The summed E-state index contributed by atoms with van der Waals surface area (Å²) < 4.78 is 10.9. The molecule has 15 heavy (non-hydrogen) atoms. The summed E-state index contributed by atoms with van der Waals surface area (Å²) in [5.41, 5.74) is 0.970. The van der Waals surface area contributed by atoms with E-state index in [1.54, 1.807) is 7.11 Å². The normalized spacial score (nSPS) is 15.1. The summed E-state index contributed by atoms with van der Waals surface area (Å²) >= 11 is 0. The molecule has 0 saturated heterocycles. The molecule has 0 bridgehead atoms. The number of ether oxygens (including phenoxy) is 2. The number of hydrogen-bond acceptors (Lipinski definition) is 4. The second-order valence-corrected chi connectivity index (χ2v) is 3.61. The van der Waals surface area contributed by atoms with Gasteiger partial charge in [-0.3, -0.25) is 4.84 Å². The summed E-state index contributed by atoms with van der Waals surface area (Å²) in [4.78, 5) is 4.56. The summed E-state index contributed by atoms with van der Waals surface area (Å²) in [6, 6.07) is 5.70. The van der Waals surface area contributed by atoms with Crippen molar-refractivity contribution in [3.05, 3.63) is 23.8 Å². The third-order valence-corrected chi connectivity index (χ3v) is 2.30. The Kier molecular flexibility index (Phi) is 3.08. The molecule has 0 aliphatic heterocycles. The minimum atomic E-state index is 0.371. The Bertz CT molecular complexity index is 337. The molecule has 4 nitrogen and oxygen atoms in total. The van der Waals surface area contributed by atoms with Crippen molar-refractivity contribution in [3.8, 4) is 11.5 Å². The highest BCUT2D eigenvalue weighted by Crippen LogP contribution is 2.34. The number of methoxy groups -OCH3 is 1. The summed E-state index contributed by atoms with van der Waals surface area (Å²) in [6.07, 6.45) is 2.64. The highest BCUT2D eigenvalue weighted by atomic mass is 16.6. The predicted molar refractivity (Wildman–Crippen MR) is 55.6 cm³/mol. The fourth-order valence-electron chi connectivity index (χ4n) is 1.36. The minimum Gasteiger partial charge on any atom is -0.493 e. The van der Waals surface area contributed by atoms with Crippen molar-refractivity contribution in [3.63, 3.8) is 0 Å². The first-order valence-corrected chi connectivity index (χ1v) is 4.98. The van der Waals surface area contributed by atoms with Crippen LogP contribution in [0.3, 0.4) is 0 Å². The van der Waals surface area contributed by atoms with Crippen LogP contribution in [0.25, 0.3) is 0 Å². The number of benzene rings is 1.